The van der Waals surface area contributed by atoms with Crippen molar-refractivity contribution in [1.82, 2.24) is 14.2 Å². The van der Waals surface area contributed by atoms with Crippen LogP contribution in [0.15, 0.2) is 41.3 Å². The third kappa shape index (κ3) is 2.90. The van der Waals surface area contributed by atoms with Crippen molar-refractivity contribution in [3.63, 3.8) is 0 Å². The molecule has 0 spiro atoms. The molecule has 0 fully saturated rings. The lowest BCUT2D eigenvalue weighted by atomic mass is 9.98. The van der Waals surface area contributed by atoms with E-state index in [4.69, 9.17) is 11.6 Å². The molecular formula is C19H19ClN4O2. The Morgan fingerprint density at radius 1 is 1.31 bits per heavy atom. The van der Waals surface area contributed by atoms with Gasteiger partial charge >= 0.3 is 5.69 Å². The molecule has 3 aromatic rings. The van der Waals surface area contributed by atoms with Gasteiger partial charge in [0.25, 0.3) is 0 Å². The van der Waals surface area contributed by atoms with Crippen LogP contribution in [-0.2, 0) is 17.8 Å². The van der Waals surface area contributed by atoms with Gasteiger partial charge in [-0.1, -0.05) is 17.7 Å². The van der Waals surface area contributed by atoms with E-state index in [1.54, 1.807) is 18.3 Å². The molecule has 0 radical (unpaired) electrons. The van der Waals surface area contributed by atoms with Gasteiger partial charge in [0.05, 0.1) is 6.54 Å². The van der Waals surface area contributed by atoms with Crippen LogP contribution in [0.2, 0.25) is 5.02 Å². The smallest absolute Gasteiger partial charge is 0.312 e. The van der Waals surface area contributed by atoms with Crippen molar-refractivity contribution < 1.29 is 4.79 Å². The van der Waals surface area contributed by atoms with E-state index >= 15 is 0 Å². The van der Waals surface area contributed by atoms with Gasteiger partial charge in [0, 0.05) is 29.9 Å². The molecule has 6 nitrogen and oxygen atoms in total. The first-order chi connectivity index (χ1) is 12.5. The van der Waals surface area contributed by atoms with Crippen molar-refractivity contribution in [2.75, 3.05) is 11.4 Å². The summed E-state index contributed by atoms with van der Waals surface area (Å²) in [6.45, 7) is 2.93. The first-order valence-corrected chi connectivity index (χ1v) is 9.06. The number of hydrogen-bond acceptors (Lipinski definition) is 3. The second kappa shape index (κ2) is 6.61. The van der Waals surface area contributed by atoms with E-state index in [-0.39, 0.29) is 24.6 Å². The molecule has 7 heteroatoms. The summed E-state index contributed by atoms with van der Waals surface area (Å²) in [7, 11) is 0. The molecule has 0 saturated carbocycles. The van der Waals surface area contributed by atoms with E-state index in [0.29, 0.717) is 17.2 Å². The average Bonchev–Trinajstić information content (AvgIpc) is 2.95. The molecule has 2 aromatic heterocycles. The Kier molecular flexibility index (Phi) is 4.28. The van der Waals surface area contributed by atoms with E-state index in [0.717, 1.165) is 29.7 Å². The molecule has 1 amide bonds. The Bertz CT molecular complexity index is 1050. The maximum Gasteiger partial charge on any atom is 0.350 e. The van der Waals surface area contributed by atoms with Gasteiger partial charge in [0.2, 0.25) is 5.91 Å². The number of nitrogens with zero attached hydrogens (tertiary/aromatic N) is 4. The van der Waals surface area contributed by atoms with Crippen molar-refractivity contribution in [3.8, 4) is 0 Å². The highest BCUT2D eigenvalue weighted by Gasteiger charge is 2.24. The number of halogens is 1. The monoisotopic (exact) mass is 370 g/mol. The lowest BCUT2D eigenvalue weighted by Gasteiger charge is -2.31. The van der Waals surface area contributed by atoms with Crippen LogP contribution in [-0.4, -0.2) is 26.6 Å². The van der Waals surface area contributed by atoms with Crippen LogP contribution in [0.1, 0.15) is 24.0 Å². The summed E-state index contributed by atoms with van der Waals surface area (Å²) in [6, 6.07) is 9.21. The standard InChI is InChI=1S/C19H19ClN4O2/c1-13-11-15(20)12-14-5-4-9-23(18(13)14)17(25)7-10-24-19(26)22-8-3-2-6-16(22)21-24/h2-3,6,8,11-12H,4-5,7,9-10H2,1H3. The predicted octanol–water partition coefficient (Wildman–Crippen LogP) is 2.83. The minimum absolute atomic E-state index is 0.000304. The zero-order valence-electron chi connectivity index (χ0n) is 14.5. The average molecular weight is 371 g/mol. The Hall–Kier alpha value is -2.60. The minimum atomic E-state index is -0.226. The van der Waals surface area contributed by atoms with E-state index < -0.39 is 0 Å². The second-order valence-corrected chi connectivity index (χ2v) is 7.00. The highest BCUT2D eigenvalue weighted by atomic mass is 35.5. The summed E-state index contributed by atoms with van der Waals surface area (Å²) in [4.78, 5) is 27.0. The topological polar surface area (TPSA) is 59.6 Å². The van der Waals surface area contributed by atoms with Crippen LogP contribution < -0.4 is 10.6 Å². The number of carbonyl (C=O) groups excluding carboxylic acids is 1. The number of anilines is 1. The number of fused-ring (bicyclic) bond motifs is 2. The molecule has 1 aliphatic heterocycles. The number of hydrogen-bond donors (Lipinski definition) is 0. The van der Waals surface area contributed by atoms with Crippen LogP contribution in [0.4, 0.5) is 5.69 Å². The normalized spacial score (nSPS) is 13.8. The van der Waals surface area contributed by atoms with Gasteiger partial charge in [-0.2, -0.15) is 0 Å². The number of benzene rings is 1. The first-order valence-electron chi connectivity index (χ1n) is 8.68. The van der Waals surface area contributed by atoms with Crippen LogP contribution >= 0.6 is 11.6 Å². The molecule has 4 rings (SSSR count). The molecule has 0 saturated heterocycles. The summed E-state index contributed by atoms with van der Waals surface area (Å²) < 4.78 is 2.83. The van der Waals surface area contributed by atoms with E-state index in [2.05, 4.69) is 5.10 Å². The molecule has 26 heavy (non-hydrogen) atoms. The van der Waals surface area contributed by atoms with Gasteiger partial charge in [-0.05, 0) is 55.2 Å². The Balaban J connectivity index is 1.56. The fourth-order valence-corrected chi connectivity index (χ4v) is 3.92. The number of rotatable bonds is 3. The summed E-state index contributed by atoms with van der Waals surface area (Å²) in [5.74, 6) is 0.000304. The molecular weight excluding hydrogens is 352 g/mol. The quantitative estimate of drug-likeness (QED) is 0.712. The molecule has 0 atom stereocenters. The molecule has 134 valence electrons. The molecule has 1 aliphatic rings. The summed E-state index contributed by atoms with van der Waals surface area (Å²) in [5, 5.41) is 4.98. The SMILES string of the molecule is Cc1cc(Cl)cc2c1N(C(=O)CCn1nc3ccccn3c1=O)CCC2. The van der Waals surface area contributed by atoms with Gasteiger partial charge in [-0.25, -0.2) is 9.48 Å². The van der Waals surface area contributed by atoms with Crippen molar-refractivity contribution in [2.24, 2.45) is 0 Å². The highest BCUT2D eigenvalue weighted by Crippen LogP contribution is 2.33. The Morgan fingerprint density at radius 3 is 2.96 bits per heavy atom. The van der Waals surface area contributed by atoms with Crippen LogP contribution in [0.3, 0.4) is 0 Å². The lowest BCUT2D eigenvalue weighted by molar-refractivity contribution is -0.119. The number of carbonyl (C=O) groups is 1. The molecule has 0 bridgehead atoms. The molecule has 0 unspecified atom stereocenters. The van der Waals surface area contributed by atoms with Gasteiger partial charge in [-0.3, -0.25) is 9.20 Å². The van der Waals surface area contributed by atoms with E-state index in [1.807, 2.05) is 30.0 Å². The van der Waals surface area contributed by atoms with Crippen molar-refractivity contribution >= 4 is 28.8 Å². The highest BCUT2D eigenvalue weighted by molar-refractivity contribution is 6.30. The molecule has 0 aliphatic carbocycles. The summed E-state index contributed by atoms with van der Waals surface area (Å²) >= 11 is 6.15. The van der Waals surface area contributed by atoms with Gasteiger partial charge < -0.3 is 4.90 Å². The van der Waals surface area contributed by atoms with Crippen LogP contribution in [0.25, 0.3) is 5.65 Å². The summed E-state index contributed by atoms with van der Waals surface area (Å²) in [5.41, 5.74) is 3.44. The molecule has 1 aromatic carbocycles. The second-order valence-electron chi connectivity index (χ2n) is 6.56. The molecule has 0 N–H and O–H groups in total. The fourth-order valence-electron chi connectivity index (χ4n) is 3.62. The van der Waals surface area contributed by atoms with Crippen LogP contribution in [0, 0.1) is 6.92 Å². The molecule has 3 heterocycles. The fraction of sp³-hybridized carbons (Fsp3) is 0.316. The Labute approximate surface area is 155 Å². The minimum Gasteiger partial charge on any atom is -0.312 e. The summed E-state index contributed by atoms with van der Waals surface area (Å²) in [6.07, 6.45) is 3.74. The third-order valence-electron chi connectivity index (χ3n) is 4.77. The number of aromatic nitrogens is 3. The number of amides is 1. The van der Waals surface area contributed by atoms with Crippen molar-refractivity contribution in [2.45, 2.75) is 32.7 Å². The van der Waals surface area contributed by atoms with Gasteiger partial charge in [0.15, 0.2) is 5.65 Å². The van der Waals surface area contributed by atoms with Gasteiger partial charge in [-0.15, -0.1) is 5.10 Å². The number of aryl methyl sites for hydroxylation is 3. The predicted molar refractivity (Wildman–Crippen MR) is 101 cm³/mol. The van der Waals surface area contributed by atoms with E-state index in [1.165, 1.54) is 9.08 Å². The first kappa shape index (κ1) is 16.8. The zero-order chi connectivity index (χ0) is 18.3. The zero-order valence-corrected chi connectivity index (χ0v) is 15.2. The van der Waals surface area contributed by atoms with Crippen LogP contribution in [0.5, 0.6) is 0 Å². The van der Waals surface area contributed by atoms with Crippen molar-refractivity contribution in [3.05, 3.63) is 63.2 Å². The van der Waals surface area contributed by atoms with Gasteiger partial charge in [0.1, 0.15) is 0 Å². The maximum atomic E-state index is 12.8. The third-order valence-corrected chi connectivity index (χ3v) is 4.99. The van der Waals surface area contributed by atoms with E-state index in [9.17, 15) is 9.59 Å². The maximum absolute atomic E-state index is 12.8. The Morgan fingerprint density at radius 2 is 2.15 bits per heavy atom. The lowest BCUT2D eigenvalue weighted by Crippen LogP contribution is -2.37. The van der Waals surface area contributed by atoms with Crippen molar-refractivity contribution in [1.29, 1.82) is 0 Å². The largest absolute Gasteiger partial charge is 0.350 e. The number of pyridine rings is 1.